The van der Waals surface area contributed by atoms with Crippen LogP contribution in [0.25, 0.3) is 6.20 Å². The van der Waals surface area contributed by atoms with Gasteiger partial charge in [-0.25, -0.2) is 9.67 Å². The van der Waals surface area contributed by atoms with Gasteiger partial charge in [-0.15, -0.1) is 0 Å². The summed E-state index contributed by atoms with van der Waals surface area (Å²) < 4.78 is 1.67. The molecule has 0 spiro atoms. The van der Waals surface area contributed by atoms with Gasteiger partial charge in [-0.3, -0.25) is 0 Å². The molecule has 0 radical (unpaired) electrons. The fourth-order valence-electron chi connectivity index (χ4n) is 1.47. The van der Waals surface area contributed by atoms with E-state index < -0.39 is 0 Å². The highest BCUT2D eigenvalue weighted by Gasteiger charge is 2.01. The molecule has 17 heavy (non-hydrogen) atoms. The largest absolute Gasteiger partial charge is 0.379 e. The molecule has 88 valence electrons. The van der Waals surface area contributed by atoms with Gasteiger partial charge in [0.1, 0.15) is 5.15 Å². The van der Waals surface area contributed by atoms with Crippen molar-refractivity contribution in [3.8, 4) is 0 Å². The monoisotopic (exact) mass is 248 g/mol. The molecule has 0 atom stereocenters. The number of hydrogen-bond acceptors (Lipinski definition) is 3. The number of pyridine rings is 1. The summed E-state index contributed by atoms with van der Waals surface area (Å²) >= 11 is 5.79. The van der Waals surface area contributed by atoms with Crippen LogP contribution in [0.1, 0.15) is 11.1 Å². The smallest absolute Gasteiger partial charge is 0.129 e. The SMILES string of the molecule is C=Cn1cc(CNc2cnc(Cl)cc2C)cn1. The van der Waals surface area contributed by atoms with E-state index >= 15 is 0 Å². The van der Waals surface area contributed by atoms with Gasteiger partial charge in [0.2, 0.25) is 0 Å². The quantitative estimate of drug-likeness (QED) is 0.846. The van der Waals surface area contributed by atoms with Crippen LogP contribution in [0.2, 0.25) is 5.15 Å². The number of halogens is 1. The second kappa shape index (κ2) is 5.01. The van der Waals surface area contributed by atoms with Gasteiger partial charge in [0.25, 0.3) is 0 Å². The fraction of sp³-hybridized carbons (Fsp3) is 0.167. The van der Waals surface area contributed by atoms with Crippen molar-refractivity contribution < 1.29 is 0 Å². The Hall–Kier alpha value is -1.81. The van der Waals surface area contributed by atoms with Gasteiger partial charge in [-0.1, -0.05) is 18.2 Å². The Kier molecular flexibility index (Phi) is 3.44. The van der Waals surface area contributed by atoms with Gasteiger partial charge < -0.3 is 5.32 Å². The Morgan fingerprint density at radius 3 is 3.00 bits per heavy atom. The Morgan fingerprint density at radius 2 is 2.35 bits per heavy atom. The number of aromatic nitrogens is 3. The first-order valence-corrected chi connectivity index (χ1v) is 5.58. The standard InChI is InChI=1S/C12H13ClN4/c1-3-17-8-10(6-16-17)5-14-11-7-15-12(13)4-9(11)2/h3-4,6-8,14H,1,5H2,2H3. The number of nitrogens with zero attached hydrogens (tertiary/aromatic N) is 3. The van der Waals surface area contributed by atoms with Gasteiger partial charge in [0.05, 0.1) is 18.1 Å². The van der Waals surface area contributed by atoms with Gasteiger partial charge in [-0.2, -0.15) is 5.10 Å². The highest BCUT2D eigenvalue weighted by molar-refractivity contribution is 6.29. The zero-order valence-corrected chi connectivity index (χ0v) is 10.3. The van der Waals surface area contributed by atoms with Crippen molar-refractivity contribution in [3.63, 3.8) is 0 Å². The van der Waals surface area contributed by atoms with Crippen LogP contribution in [0.3, 0.4) is 0 Å². The van der Waals surface area contributed by atoms with Crippen molar-refractivity contribution in [2.75, 3.05) is 5.32 Å². The Balaban J connectivity index is 2.04. The molecule has 0 bridgehead atoms. The van der Waals surface area contributed by atoms with Crippen LogP contribution in [-0.2, 0) is 6.54 Å². The van der Waals surface area contributed by atoms with Crippen molar-refractivity contribution in [2.45, 2.75) is 13.5 Å². The first kappa shape index (κ1) is 11.7. The van der Waals surface area contributed by atoms with Crippen molar-refractivity contribution >= 4 is 23.5 Å². The lowest BCUT2D eigenvalue weighted by Crippen LogP contribution is -2.00. The minimum Gasteiger partial charge on any atom is -0.379 e. The van der Waals surface area contributed by atoms with E-state index in [0.717, 1.165) is 16.8 Å². The number of hydrogen-bond donors (Lipinski definition) is 1. The van der Waals surface area contributed by atoms with Crippen molar-refractivity contribution in [2.24, 2.45) is 0 Å². The summed E-state index contributed by atoms with van der Waals surface area (Å²) in [6.07, 6.45) is 7.10. The van der Waals surface area contributed by atoms with Gasteiger partial charge in [0.15, 0.2) is 0 Å². The summed E-state index contributed by atoms with van der Waals surface area (Å²) in [6.45, 7) is 6.32. The molecule has 0 aromatic carbocycles. The third kappa shape index (κ3) is 2.85. The maximum absolute atomic E-state index is 5.79. The van der Waals surface area contributed by atoms with Crippen LogP contribution in [0.15, 0.2) is 31.2 Å². The molecule has 0 aliphatic carbocycles. The highest BCUT2D eigenvalue weighted by atomic mass is 35.5. The van der Waals surface area contributed by atoms with Crippen LogP contribution in [0.5, 0.6) is 0 Å². The molecule has 5 heteroatoms. The minimum atomic E-state index is 0.507. The van der Waals surface area contributed by atoms with E-state index in [9.17, 15) is 0 Å². The van der Waals surface area contributed by atoms with E-state index in [1.807, 2.05) is 19.2 Å². The van der Waals surface area contributed by atoms with Crippen molar-refractivity contribution in [1.29, 1.82) is 0 Å². The fourth-order valence-corrected chi connectivity index (χ4v) is 1.69. The molecule has 4 nitrogen and oxygen atoms in total. The van der Waals surface area contributed by atoms with E-state index in [4.69, 9.17) is 11.6 Å². The molecule has 0 saturated heterocycles. The Labute approximate surface area is 105 Å². The molecular formula is C12H13ClN4. The van der Waals surface area contributed by atoms with Crippen LogP contribution in [-0.4, -0.2) is 14.8 Å². The summed E-state index contributed by atoms with van der Waals surface area (Å²) in [6, 6.07) is 1.83. The molecular weight excluding hydrogens is 236 g/mol. The zero-order valence-electron chi connectivity index (χ0n) is 9.52. The number of nitrogens with one attached hydrogen (secondary N) is 1. The lowest BCUT2D eigenvalue weighted by atomic mass is 10.2. The van der Waals surface area contributed by atoms with Crippen molar-refractivity contribution in [1.82, 2.24) is 14.8 Å². The van der Waals surface area contributed by atoms with E-state index in [1.54, 1.807) is 23.3 Å². The van der Waals surface area contributed by atoms with E-state index in [2.05, 4.69) is 22.0 Å². The number of rotatable bonds is 4. The lowest BCUT2D eigenvalue weighted by Gasteiger charge is -2.07. The average molecular weight is 249 g/mol. The molecule has 0 aliphatic rings. The van der Waals surface area contributed by atoms with Gasteiger partial charge in [0, 0.05) is 24.5 Å². The summed E-state index contributed by atoms with van der Waals surface area (Å²) in [7, 11) is 0. The third-order valence-electron chi connectivity index (χ3n) is 2.40. The summed E-state index contributed by atoms with van der Waals surface area (Å²) in [4.78, 5) is 4.04. The molecule has 0 saturated carbocycles. The average Bonchev–Trinajstić information content (AvgIpc) is 2.76. The Bertz CT molecular complexity index is 533. The van der Waals surface area contributed by atoms with E-state index in [1.165, 1.54) is 0 Å². The summed E-state index contributed by atoms with van der Waals surface area (Å²) in [5, 5.41) is 7.90. The van der Waals surface area contributed by atoms with E-state index in [0.29, 0.717) is 11.7 Å². The molecule has 2 heterocycles. The second-order valence-corrected chi connectivity index (χ2v) is 4.07. The molecule has 2 rings (SSSR count). The number of anilines is 1. The maximum Gasteiger partial charge on any atom is 0.129 e. The minimum absolute atomic E-state index is 0.507. The second-order valence-electron chi connectivity index (χ2n) is 3.69. The predicted octanol–water partition coefficient (Wildman–Crippen LogP) is 2.95. The maximum atomic E-state index is 5.79. The molecule has 0 amide bonds. The van der Waals surface area contributed by atoms with Crippen LogP contribution < -0.4 is 5.32 Å². The molecule has 1 N–H and O–H groups in total. The molecule has 0 unspecified atom stereocenters. The molecule has 2 aromatic heterocycles. The topological polar surface area (TPSA) is 42.7 Å². The number of aryl methyl sites for hydroxylation is 1. The first-order valence-electron chi connectivity index (χ1n) is 5.20. The van der Waals surface area contributed by atoms with Crippen LogP contribution >= 0.6 is 11.6 Å². The van der Waals surface area contributed by atoms with Crippen molar-refractivity contribution in [3.05, 3.63) is 47.5 Å². The first-order chi connectivity index (χ1) is 8.19. The lowest BCUT2D eigenvalue weighted by molar-refractivity contribution is 0.936. The van der Waals surface area contributed by atoms with Gasteiger partial charge >= 0.3 is 0 Å². The third-order valence-corrected chi connectivity index (χ3v) is 2.61. The van der Waals surface area contributed by atoms with E-state index in [-0.39, 0.29) is 0 Å². The van der Waals surface area contributed by atoms with Gasteiger partial charge in [-0.05, 0) is 18.6 Å². The molecule has 0 aliphatic heterocycles. The highest BCUT2D eigenvalue weighted by Crippen LogP contribution is 2.17. The summed E-state index contributed by atoms with van der Waals surface area (Å²) in [5.74, 6) is 0. The predicted molar refractivity (Wildman–Crippen MR) is 69.9 cm³/mol. The normalized spacial score (nSPS) is 10.2. The van der Waals surface area contributed by atoms with Crippen LogP contribution in [0, 0.1) is 6.92 Å². The Morgan fingerprint density at radius 1 is 1.53 bits per heavy atom. The summed E-state index contributed by atoms with van der Waals surface area (Å²) in [5.41, 5.74) is 3.13. The van der Waals surface area contributed by atoms with Crippen LogP contribution in [0.4, 0.5) is 5.69 Å². The zero-order chi connectivity index (χ0) is 12.3. The molecule has 0 fully saturated rings. The molecule has 2 aromatic rings.